The van der Waals surface area contributed by atoms with Crippen molar-refractivity contribution in [1.29, 1.82) is 0 Å². The van der Waals surface area contributed by atoms with Crippen molar-refractivity contribution >= 4 is 33.2 Å². The van der Waals surface area contributed by atoms with E-state index in [1.807, 2.05) is 0 Å². The number of pyridine rings is 1. The van der Waals surface area contributed by atoms with Crippen molar-refractivity contribution in [2.24, 2.45) is 0 Å². The number of nitrogens with one attached hydrogen (secondary N) is 1. The Balaban J connectivity index is 2.18. The average molecular weight is 208 g/mol. The van der Waals surface area contributed by atoms with Gasteiger partial charge in [0.15, 0.2) is 0 Å². The Morgan fingerprint density at radius 2 is 2.07 bits per heavy atom. The van der Waals surface area contributed by atoms with E-state index in [1.165, 1.54) is 11.3 Å². The highest BCUT2D eigenvalue weighted by Gasteiger charge is 2.01. The van der Waals surface area contributed by atoms with Gasteiger partial charge in [0.2, 0.25) is 10.3 Å². The van der Waals surface area contributed by atoms with Crippen LogP contribution in [0.4, 0.5) is 21.9 Å². The zero-order valence-electron chi connectivity index (χ0n) is 7.14. The highest BCUT2D eigenvalue weighted by atomic mass is 32.1. The maximum Gasteiger partial charge on any atom is 0.212 e. The van der Waals surface area contributed by atoms with Crippen LogP contribution in [0.25, 0.3) is 0 Å². The molecular weight excluding hydrogens is 200 g/mol. The molecule has 0 aliphatic rings. The molecule has 5 N–H and O–H groups in total. The van der Waals surface area contributed by atoms with E-state index in [9.17, 15) is 0 Å². The summed E-state index contributed by atoms with van der Waals surface area (Å²) in [6, 6.07) is 5.29. The van der Waals surface area contributed by atoms with Crippen LogP contribution >= 0.6 is 11.3 Å². The first-order valence-electron chi connectivity index (χ1n) is 3.82. The van der Waals surface area contributed by atoms with Gasteiger partial charge in [-0.05, 0) is 12.1 Å². The number of hydrogen-bond acceptors (Lipinski definition) is 7. The summed E-state index contributed by atoms with van der Waals surface area (Å²) >= 11 is 1.25. The Morgan fingerprint density at radius 1 is 1.21 bits per heavy atom. The topological polar surface area (TPSA) is 103 Å². The predicted octanol–water partition coefficient (Wildman–Crippen LogP) is 0.841. The maximum absolute atomic E-state index is 5.51. The highest BCUT2D eigenvalue weighted by Crippen LogP contribution is 2.20. The lowest BCUT2D eigenvalue weighted by molar-refractivity contribution is 1.10. The lowest BCUT2D eigenvalue weighted by atomic mass is 10.4. The molecule has 0 spiro atoms. The molecule has 2 aromatic heterocycles. The van der Waals surface area contributed by atoms with E-state index in [-0.39, 0.29) is 0 Å². The molecule has 2 heterocycles. The number of hydrogen-bond donors (Lipinski definition) is 3. The molecule has 2 aromatic rings. The number of aromatic nitrogens is 3. The zero-order chi connectivity index (χ0) is 9.97. The van der Waals surface area contributed by atoms with Gasteiger partial charge in [-0.1, -0.05) is 17.4 Å². The molecule has 0 aliphatic heterocycles. The van der Waals surface area contributed by atoms with Crippen molar-refractivity contribution in [3.05, 3.63) is 18.2 Å². The van der Waals surface area contributed by atoms with Gasteiger partial charge in [-0.25, -0.2) is 4.98 Å². The zero-order valence-corrected chi connectivity index (χ0v) is 7.95. The third-order valence-corrected chi connectivity index (χ3v) is 2.11. The second-order valence-corrected chi connectivity index (χ2v) is 3.53. The van der Waals surface area contributed by atoms with E-state index >= 15 is 0 Å². The van der Waals surface area contributed by atoms with Crippen molar-refractivity contribution in [1.82, 2.24) is 15.2 Å². The second kappa shape index (κ2) is 3.46. The molecule has 6 nitrogen and oxygen atoms in total. The SMILES string of the molecule is Nc1cccc(Nc2nnc(N)s2)n1. The van der Waals surface area contributed by atoms with Crippen LogP contribution in [0, 0.1) is 0 Å². The van der Waals surface area contributed by atoms with E-state index in [2.05, 4.69) is 20.5 Å². The van der Waals surface area contributed by atoms with E-state index in [0.29, 0.717) is 21.9 Å². The lowest BCUT2D eigenvalue weighted by Crippen LogP contribution is -1.96. The molecule has 0 radical (unpaired) electrons. The maximum atomic E-state index is 5.51. The Kier molecular flexibility index (Phi) is 2.15. The molecule has 0 bridgehead atoms. The summed E-state index contributed by atoms with van der Waals surface area (Å²) in [5, 5.41) is 11.4. The van der Waals surface area contributed by atoms with Gasteiger partial charge in [0.25, 0.3) is 0 Å². The van der Waals surface area contributed by atoms with E-state index < -0.39 is 0 Å². The van der Waals surface area contributed by atoms with Crippen LogP contribution in [0.1, 0.15) is 0 Å². The fourth-order valence-corrected chi connectivity index (χ4v) is 1.43. The molecular formula is C7H8N6S. The molecule has 0 aliphatic carbocycles. The van der Waals surface area contributed by atoms with E-state index in [4.69, 9.17) is 11.5 Å². The normalized spacial score (nSPS) is 10.0. The van der Waals surface area contributed by atoms with Gasteiger partial charge in [-0.2, -0.15) is 0 Å². The molecule has 0 atom stereocenters. The largest absolute Gasteiger partial charge is 0.384 e. The number of nitrogen functional groups attached to an aromatic ring is 2. The standard InChI is InChI=1S/C7H8N6S/c8-4-2-1-3-5(10-4)11-7-13-12-6(9)14-7/h1-3H,(H2,9,12)(H3,8,10,11,13). The first-order valence-corrected chi connectivity index (χ1v) is 4.64. The van der Waals surface area contributed by atoms with Crippen LogP contribution in [0.5, 0.6) is 0 Å². The monoisotopic (exact) mass is 208 g/mol. The van der Waals surface area contributed by atoms with Crippen molar-refractivity contribution in [3.63, 3.8) is 0 Å². The number of anilines is 4. The summed E-state index contributed by atoms with van der Waals surface area (Å²) in [6.07, 6.45) is 0. The average Bonchev–Trinajstić information content (AvgIpc) is 2.51. The summed E-state index contributed by atoms with van der Waals surface area (Å²) in [6.45, 7) is 0. The van der Waals surface area contributed by atoms with Crippen LogP contribution in [0.15, 0.2) is 18.2 Å². The van der Waals surface area contributed by atoms with Crippen molar-refractivity contribution in [3.8, 4) is 0 Å². The Bertz CT molecular complexity index is 439. The first kappa shape index (κ1) is 8.70. The van der Waals surface area contributed by atoms with E-state index in [1.54, 1.807) is 18.2 Å². The fourth-order valence-electron chi connectivity index (χ4n) is 0.916. The minimum absolute atomic E-state index is 0.413. The Morgan fingerprint density at radius 3 is 2.71 bits per heavy atom. The van der Waals surface area contributed by atoms with Gasteiger partial charge in [0, 0.05) is 0 Å². The summed E-state index contributed by atoms with van der Waals surface area (Å²) in [4.78, 5) is 4.04. The minimum Gasteiger partial charge on any atom is -0.384 e. The van der Waals surface area contributed by atoms with E-state index in [0.717, 1.165) is 0 Å². The predicted molar refractivity (Wildman–Crippen MR) is 56.3 cm³/mol. The van der Waals surface area contributed by atoms with Gasteiger partial charge in [-0.3, -0.25) is 0 Å². The van der Waals surface area contributed by atoms with Gasteiger partial charge in [0.1, 0.15) is 11.6 Å². The summed E-state index contributed by atoms with van der Waals surface area (Å²) in [7, 11) is 0. The van der Waals surface area contributed by atoms with Crippen LogP contribution in [-0.4, -0.2) is 15.2 Å². The Hall–Kier alpha value is -1.89. The molecule has 0 aromatic carbocycles. The molecule has 7 heteroatoms. The summed E-state index contributed by atoms with van der Waals surface area (Å²) in [5.41, 5.74) is 10.9. The molecule has 0 amide bonds. The smallest absolute Gasteiger partial charge is 0.212 e. The minimum atomic E-state index is 0.413. The molecule has 0 unspecified atom stereocenters. The second-order valence-electron chi connectivity index (χ2n) is 2.52. The first-order chi connectivity index (χ1) is 6.74. The van der Waals surface area contributed by atoms with Crippen LogP contribution in [-0.2, 0) is 0 Å². The van der Waals surface area contributed by atoms with Crippen molar-refractivity contribution in [2.45, 2.75) is 0 Å². The van der Waals surface area contributed by atoms with Crippen LogP contribution < -0.4 is 16.8 Å². The van der Waals surface area contributed by atoms with Gasteiger partial charge in [-0.15, -0.1) is 10.2 Å². The fraction of sp³-hybridized carbons (Fsp3) is 0. The van der Waals surface area contributed by atoms with Gasteiger partial charge in [0.05, 0.1) is 0 Å². The molecule has 72 valence electrons. The molecule has 14 heavy (non-hydrogen) atoms. The lowest BCUT2D eigenvalue weighted by Gasteiger charge is -2.00. The van der Waals surface area contributed by atoms with Crippen molar-refractivity contribution in [2.75, 3.05) is 16.8 Å². The molecule has 0 saturated carbocycles. The Labute approximate surface area is 84.0 Å². The highest BCUT2D eigenvalue weighted by molar-refractivity contribution is 7.18. The summed E-state index contributed by atoms with van der Waals surface area (Å²) < 4.78 is 0. The number of rotatable bonds is 2. The third-order valence-electron chi connectivity index (χ3n) is 1.45. The van der Waals surface area contributed by atoms with Gasteiger partial charge < -0.3 is 16.8 Å². The molecule has 2 rings (SSSR count). The van der Waals surface area contributed by atoms with Gasteiger partial charge >= 0.3 is 0 Å². The number of nitrogens with zero attached hydrogens (tertiary/aromatic N) is 3. The quantitative estimate of drug-likeness (QED) is 0.675. The molecule has 0 saturated heterocycles. The molecule has 0 fully saturated rings. The number of nitrogens with two attached hydrogens (primary N) is 2. The van der Waals surface area contributed by atoms with Crippen molar-refractivity contribution < 1.29 is 0 Å². The van der Waals surface area contributed by atoms with Crippen LogP contribution in [0.3, 0.4) is 0 Å². The summed E-state index contributed by atoms with van der Waals surface area (Å²) in [5.74, 6) is 1.08. The van der Waals surface area contributed by atoms with Crippen LogP contribution in [0.2, 0.25) is 0 Å². The third kappa shape index (κ3) is 1.88.